The summed E-state index contributed by atoms with van der Waals surface area (Å²) in [6, 6.07) is 0. The van der Waals surface area contributed by atoms with Crippen LogP contribution in [0.4, 0.5) is 0 Å². The lowest BCUT2D eigenvalue weighted by Crippen LogP contribution is -2.30. The number of carbonyl (C=O) groups is 3. The van der Waals surface area contributed by atoms with E-state index in [1.54, 1.807) is 0 Å². The Bertz CT molecular complexity index is 721. The van der Waals surface area contributed by atoms with Crippen LogP contribution in [0.25, 0.3) is 0 Å². The summed E-state index contributed by atoms with van der Waals surface area (Å²) in [5, 5.41) is 0. The lowest BCUT2D eigenvalue weighted by atomic mass is 10.00. The second kappa shape index (κ2) is 34.3. The molecule has 0 fully saturated rings. The van der Waals surface area contributed by atoms with Crippen molar-refractivity contribution >= 4 is 17.9 Å². The maximum Gasteiger partial charge on any atom is 0.306 e. The summed E-state index contributed by atoms with van der Waals surface area (Å²) >= 11 is 0. The molecule has 0 saturated heterocycles. The molecule has 0 bridgehead atoms. The monoisotopic (exact) mass is 667 g/mol. The molecular weight excluding hydrogens is 588 g/mol. The minimum Gasteiger partial charge on any atom is -0.462 e. The first-order valence-corrected chi connectivity index (χ1v) is 20.3. The van der Waals surface area contributed by atoms with Crippen molar-refractivity contribution in [3.63, 3.8) is 0 Å². The Morgan fingerprint density at radius 2 is 0.809 bits per heavy atom. The van der Waals surface area contributed by atoms with Gasteiger partial charge in [0.1, 0.15) is 13.2 Å². The fourth-order valence-electron chi connectivity index (χ4n) is 5.84. The van der Waals surface area contributed by atoms with E-state index in [0.717, 1.165) is 69.6 Å². The molecule has 0 aromatic carbocycles. The fraction of sp³-hybridized carbons (Fsp3) is 0.927. The van der Waals surface area contributed by atoms with Crippen molar-refractivity contribution in [3.05, 3.63) is 0 Å². The van der Waals surface area contributed by atoms with E-state index in [9.17, 15) is 14.4 Å². The third-order valence-electron chi connectivity index (χ3n) is 9.33. The minimum atomic E-state index is -0.759. The van der Waals surface area contributed by atoms with Crippen molar-refractivity contribution in [2.45, 2.75) is 221 Å². The molecule has 0 radical (unpaired) electrons. The van der Waals surface area contributed by atoms with Crippen LogP contribution in [0.5, 0.6) is 0 Å². The molecule has 0 amide bonds. The van der Waals surface area contributed by atoms with E-state index in [2.05, 4.69) is 34.6 Å². The fourth-order valence-corrected chi connectivity index (χ4v) is 5.84. The summed E-state index contributed by atoms with van der Waals surface area (Å²) in [7, 11) is 0. The van der Waals surface area contributed by atoms with Gasteiger partial charge in [0.15, 0.2) is 6.10 Å². The second-order valence-electron chi connectivity index (χ2n) is 14.6. The van der Waals surface area contributed by atoms with Crippen molar-refractivity contribution in [1.82, 2.24) is 0 Å². The van der Waals surface area contributed by atoms with E-state index in [0.29, 0.717) is 19.3 Å². The molecule has 0 aromatic rings. The van der Waals surface area contributed by atoms with Crippen molar-refractivity contribution in [1.29, 1.82) is 0 Å². The maximum absolute atomic E-state index is 12.6. The summed E-state index contributed by atoms with van der Waals surface area (Å²) < 4.78 is 16.6. The molecule has 278 valence electrons. The summed E-state index contributed by atoms with van der Waals surface area (Å²) in [4.78, 5) is 37.4. The second-order valence-corrected chi connectivity index (χ2v) is 14.6. The number of carbonyl (C=O) groups excluding carboxylic acids is 3. The zero-order valence-electron chi connectivity index (χ0n) is 31.9. The first kappa shape index (κ1) is 45.4. The van der Waals surface area contributed by atoms with Gasteiger partial charge in [0.05, 0.1) is 0 Å². The highest BCUT2D eigenvalue weighted by molar-refractivity contribution is 5.71. The predicted molar refractivity (Wildman–Crippen MR) is 196 cm³/mol. The summed E-state index contributed by atoms with van der Waals surface area (Å²) in [5.41, 5.74) is 0. The molecule has 6 nitrogen and oxygen atoms in total. The summed E-state index contributed by atoms with van der Waals surface area (Å²) in [6.45, 7) is 11.2. The number of esters is 3. The van der Waals surface area contributed by atoms with Crippen molar-refractivity contribution in [2.75, 3.05) is 13.2 Å². The molecule has 0 rings (SSSR count). The van der Waals surface area contributed by atoms with Gasteiger partial charge in [-0.25, -0.2) is 0 Å². The zero-order valence-corrected chi connectivity index (χ0v) is 31.9. The average Bonchev–Trinajstić information content (AvgIpc) is 3.05. The molecule has 1 unspecified atom stereocenters. The Morgan fingerprint density at radius 1 is 0.447 bits per heavy atom. The van der Waals surface area contributed by atoms with Crippen LogP contribution >= 0.6 is 0 Å². The number of hydrogen-bond acceptors (Lipinski definition) is 6. The Morgan fingerprint density at radius 3 is 1.21 bits per heavy atom. The average molecular weight is 667 g/mol. The molecule has 2 atom stereocenters. The topological polar surface area (TPSA) is 78.9 Å². The van der Waals surface area contributed by atoms with E-state index in [1.807, 2.05) is 0 Å². The van der Waals surface area contributed by atoms with E-state index < -0.39 is 6.10 Å². The van der Waals surface area contributed by atoms with Crippen molar-refractivity contribution < 1.29 is 28.6 Å². The highest BCUT2D eigenvalue weighted by Crippen LogP contribution is 2.16. The Hall–Kier alpha value is -1.59. The van der Waals surface area contributed by atoms with Crippen LogP contribution in [0.15, 0.2) is 0 Å². The number of ether oxygens (including phenoxy) is 3. The van der Waals surface area contributed by atoms with E-state index in [1.165, 1.54) is 103 Å². The molecular formula is C41H78O6. The van der Waals surface area contributed by atoms with Crippen LogP contribution < -0.4 is 0 Å². The van der Waals surface area contributed by atoms with Gasteiger partial charge in [0.25, 0.3) is 0 Å². The van der Waals surface area contributed by atoms with Crippen LogP contribution in [0.3, 0.4) is 0 Å². The highest BCUT2D eigenvalue weighted by atomic mass is 16.6. The van der Waals surface area contributed by atoms with Gasteiger partial charge in [-0.1, -0.05) is 176 Å². The van der Waals surface area contributed by atoms with Gasteiger partial charge in [-0.05, 0) is 31.1 Å². The third-order valence-corrected chi connectivity index (χ3v) is 9.33. The quantitative estimate of drug-likeness (QED) is 0.0380. The SMILES string of the molecule is CCCCCCCCCCCCC(=O)O[C@H](COC(=O)CCCCCCCCC(C)C)COC(=O)CCCCCCCCC(C)CC. The van der Waals surface area contributed by atoms with Gasteiger partial charge < -0.3 is 14.2 Å². The molecule has 47 heavy (non-hydrogen) atoms. The molecule has 0 aromatic heterocycles. The Kier molecular flexibility index (Phi) is 33.1. The van der Waals surface area contributed by atoms with Gasteiger partial charge in [-0.3, -0.25) is 14.4 Å². The molecule has 0 aliphatic carbocycles. The molecule has 0 saturated carbocycles. The highest BCUT2D eigenvalue weighted by Gasteiger charge is 2.19. The first-order chi connectivity index (χ1) is 22.8. The molecule has 0 aliphatic heterocycles. The lowest BCUT2D eigenvalue weighted by molar-refractivity contribution is -0.167. The van der Waals surface area contributed by atoms with E-state index >= 15 is 0 Å². The van der Waals surface area contributed by atoms with Gasteiger partial charge in [0.2, 0.25) is 0 Å². The van der Waals surface area contributed by atoms with Crippen LogP contribution in [-0.4, -0.2) is 37.2 Å². The van der Waals surface area contributed by atoms with Crippen LogP contribution in [-0.2, 0) is 28.6 Å². The maximum atomic E-state index is 12.6. The van der Waals surface area contributed by atoms with Gasteiger partial charge in [-0.2, -0.15) is 0 Å². The number of hydrogen-bond donors (Lipinski definition) is 0. The molecule has 6 heteroatoms. The minimum absolute atomic E-state index is 0.0676. The predicted octanol–water partition coefficient (Wildman–Crippen LogP) is 12.2. The third kappa shape index (κ3) is 34.1. The zero-order chi connectivity index (χ0) is 34.8. The smallest absolute Gasteiger partial charge is 0.306 e. The Labute approximate surface area is 291 Å². The van der Waals surface area contributed by atoms with Crippen LogP contribution in [0.1, 0.15) is 214 Å². The standard InChI is InChI=1S/C41H78O6/c1-6-8-9-10-11-12-13-14-23-28-33-41(44)47-38(34-45-39(42)31-26-21-17-15-19-24-29-36(3)4)35-46-40(43)32-27-22-18-16-20-25-30-37(5)7-2/h36-38H,6-35H2,1-5H3/t37?,38-/m1/s1. The largest absolute Gasteiger partial charge is 0.462 e. The molecule has 0 spiro atoms. The van der Waals surface area contributed by atoms with Crippen LogP contribution in [0, 0.1) is 11.8 Å². The number of unbranched alkanes of at least 4 members (excludes halogenated alkanes) is 19. The van der Waals surface area contributed by atoms with E-state index in [-0.39, 0.29) is 31.1 Å². The van der Waals surface area contributed by atoms with Gasteiger partial charge in [-0.15, -0.1) is 0 Å². The van der Waals surface area contributed by atoms with Crippen molar-refractivity contribution in [2.24, 2.45) is 11.8 Å². The van der Waals surface area contributed by atoms with E-state index in [4.69, 9.17) is 14.2 Å². The normalized spacial score (nSPS) is 12.6. The van der Waals surface area contributed by atoms with Crippen LogP contribution in [0.2, 0.25) is 0 Å². The Balaban J connectivity index is 4.38. The lowest BCUT2D eigenvalue weighted by Gasteiger charge is -2.18. The number of rotatable bonds is 35. The first-order valence-electron chi connectivity index (χ1n) is 20.3. The summed E-state index contributed by atoms with van der Waals surface area (Å²) in [6.07, 6.45) is 29.6. The molecule has 0 N–H and O–H groups in total. The van der Waals surface area contributed by atoms with Crippen molar-refractivity contribution in [3.8, 4) is 0 Å². The van der Waals surface area contributed by atoms with Gasteiger partial charge in [0, 0.05) is 19.3 Å². The molecule has 0 aliphatic rings. The molecule has 0 heterocycles. The van der Waals surface area contributed by atoms with Gasteiger partial charge >= 0.3 is 17.9 Å². The summed E-state index contributed by atoms with van der Waals surface area (Å²) in [5.74, 6) is 0.705.